The van der Waals surface area contributed by atoms with Crippen LogP contribution >= 0.6 is 0 Å². The second-order valence-electron chi connectivity index (χ2n) is 4.09. The number of hydrogen-bond donors (Lipinski definition) is 0. The molecule has 4 heteroatoms. The van der Waals surface area contributed by atoms with Gasteiger partial charge in [-0.05, 0) is 24.8 Å². The van der Waals surface area contributed by atoms with Gasteiger partial charge < -0.3 is 9.64 Å². The average molecular weight is 242 g/mol. The molecule has 1 aromatic rings. The largest absolute Gasteiger partial charge is 0.445 e. The van der Waals surface area contributed by atoms with Crippen LogP contribution in [-0.4, -0.2) is 53.6 Å². The molecule has 0 saturated carbocycles. The van der Waals surface area contributed by atoms with E-state index in [-0.39, 0.29) is 35.7 Å². The van der Waals surface area contributed by atoms with Crippen LogP contribution in [0.5, 0.6) is 0 Å². The van der Waals surface area contributed by atoms with Gasteiger partial charge in [0.15, 0.2) is 0 Å². The Bertz CT molecular complexity index is 337. The molecular formula is C13H17NNaO2. The Kier molecular flexibility index (Phi) is 6.63. The van der Waals surface area contributed by atoms with Crippen molar-refractivity contribution in [2.75, 3.05) is 13.1 Å². The molecule has 1 radical (unpaired) electrons. The van der Waals surface area contributed by atoms with Crippen molar-refractivity contribution < 1.29 is 9.53 Å². The zero-order valence-corrected chi connectivity index (χ0v) is 12.4. The zero-order chi connectivity index (χ0) is 11.2. The summed E-state index contributed by atoms with van der Waals surface area (Å²) in [5.41, 5.74) is 1.04. The minimum absolute atomic E-state index is 0. The second kappa shape index (κ2) is 7.75. The van der Waals surface area contributed by atoms with Crippen LogP contribution in [0.4, 0.5) is 4.79 Å². The van der Waals surface area contributed by atoms with Crippen LogP contribution in [-0.2, 0) is 11.3 Å². The van der Waals surface area contributed by atoms with E-state index in [9.17, 15) is 4.79 Å². The van der Waals surface area contributed by atoms with Crippen molar-refractivity contribution in [3.05, 3.63) is 35.9 Å². The van der Waals surface area contributed by atoms with Crippen LogP contribution < -0.4 is 0 Å². The Balaban J connectivity index is 0.00000144. The summed E-state index contributed by atoms with van der Waals surface area (Å²) in [5, 5.41) is 0. The second-order valence-corrected chi connectivity index (χ2v) is 4.09. The van der Waals surface area contributed by atoms with Gasteiger partial charge in [0.1, 0.15) is 6.61 Å². The van der Waals surface area contributed by atoms with Crippen LogP contribution in [0.1, 0.15) is 24.8 Å². The molecule has 17 heavy (non-hydrogen) atoms. The van der Waals surface area contributed by atoms with Crippen molar-refractivity contribution in [1.29, 1.82) is 0 Å². The molecule has 3 nitrogen and oxygen atoms in total. The summed E-state index contributed by atoms with van der Waals surface area (Å²) in [7, 11) is 0. The van der Waals surface area contributed by atoms with E-state index in [0.29, 0.717) is 6.61 Å². The maximum absolute atomic E-state index is 11.7. The number of nitrogens with zero attached hydrogens (tertiary/aromatic N) is 1. The number of amides is 1. The Morgan fingerprint density at radius 1 is 1.12 bits per heavy atom. The maximum Gasteiger partial charge on any atom is 0.410 e. The normalized spacial score (nSPS) is 14.9. The Morgan fingerprint density at radius 2 is 1.76 bits per heavy atom. The van der Waals surface area contributed by atoms with Gasteiger partial charge in [-0.15, -0.1) is 0 Å². The molecule has 1 aliphatic heterocycles. The smallest absolute Gasteiger partial charge is 0.410 e. The van der Waals surface area contributed by atoms with Crippen LogP contribution in [0.2, 0.25) is 0 Å². The van der Waals surface area contributed by atoms with Gasteiger partial charge in [0.2, 0.25) is 0 Å². The van der Waals surface area contributed by atoms with Crippen molar-refractivity contribution in [1.82, 2.24) is 4.90 Å². The fourth-order valence-electron chi connectivity index (χ4n) is 1.89. The first-order chi connectivity index (χ1) is 7.86. The molecule has 0 aliphatic carbocycles. The molecule has 1 aromatic carbocycles. The third kappa shape index (κ3) is 4.70. The van der Waals surface area contributed by atoms with Crippen LogP contribution in [0.3, 0.4) is 0 Å². The molecule has 0 bridgehead atoms. The molecule has 1 saturated heterocycles. The molecule has 1 fully saturated rings. The van der Waals surface area contributed by atoms with Gasteiger partial charge >= 0.3 is 6.09 Å². The van der Waals surface area contributed by atoms with Gasteiger partial charge in [0.25, 0.3) is 0 Å². The minimum atomic E-state index is -0.177. The number of carbonyl (C=O) groups is 1. The topological polar surface area (TPSA) is 29.5 Å². The minimum Gasteiger partial charge on any atom is -0.445 e. The van der Waals surface area contributed by atoms with Crippen molar-refractivity contribution in [2.24, 2.45) is 0 Å². The monoisotopic (exact) mass is 242 g/mol. The van der Waals surface area contributed by atoms with Gasteiger partial charge in [0.05, 0.1) is 0 Å². The number of piperidine rings is 1. The van der Waals surface area contributed by atoms with E-state index in [1.807, 2.05) is 30.3 Å². The Morgan fingerprint density at radius 3 is 2.41 bits per heavy atom. The molecule has 87 valence electrons. The van der Waals surface area contributed by atoms with Crippen LogP contribution in [0.15, 0.2) is 30.3 Å². The van der Waals surface area contributed by atoms with Gasteiger partial charge in [-0.1, -0.05) is 30.3 Å². The standard InChI is InChI=1S/C13H17NO2.Na/c15-13(14-9-5-2-6-10-14)16-11-12-7-3-1-4-8-12;/h1,3-4,7-8H,2,5-6,9-11H2;. The number of ether oxygens (including phenoxy) is 1. The Labute approximate surface area is 124 Å². The van der Waals surface area contributed by atoms with Gasteiger partial charge in [-0.25, -0.2) is 4.79 Å². The third-order valence-electron chi connectivity index (χ3n) is 2.82. The summed E-state index contributed by atoms with van der Waals surface area (Å²) >= 11 is 0. The number of carbonyl (C=O) groups excluding carboxylic acids is 1. The summed E-state index contributed by atoms with van der Waals surface area (Å²) in [4.78, 5) is 13.5. The first kappa shape index (κ1) is 14.6. The van der Waals surface area contributed by atoms with E-state index in [4.69, 9.17) is 4.74 Å². The number of hydrogen-bond acceptors (Lipinski definition) is 2. The van der Waals surface area contributed by atoms with E-state index >= 15 is 0 Å². The van der Waals surface area contributed by atoms with Gasteiger partial charge in [0, 0.05) is 42.6 Å². The number of likely N-dealkylation sites (tertiary alicyclic amines) is 1. The molecule has 0 aromatic heterocycles. The molecule has 1 aliphatic rings. The summed E-state index contributed by atoms with van der Waals surface area (Å²) in [5.74, 6) is 0. The van der Waals surface area contributed by atoms with Crippen molar-refractivity contribution in [2.45, 2.75) is 25.9 Å². The molecule has 0 unspecified atom stereocenters. The number of benzene rings is 1. The van der Waals surface area contributed by atoms with E-state index in [1.165, 1.54) is 6.42 Å². The molecule has 0 spiro atoms. The molecule has 0 atom stereocenters. The van der Waals surface area contributed by atoms with Crippen LogP contribution in [0, 0.1) is 0 Å². The van der Waals surface area contributed by atoms with Crippen molar-refractivity contribution >= 4 is 35.7 Å². The third-order valence-corrected chi connectivity index (χ3v) is 2.82. The summed E-state index contributed by atoms with van der Waals surface area (Å²) in [6.07, 6.45) is 3.24. The van der Waals surface area contributed by atoms with Gasteiger partial charge in [-0.2, -0.15) is 0 Å². The van der Waals surface area contributed by atoms with E-state index < -0.39 is 0 Å². The molecule has 1 heterocycles. The summed E-state index contributed by atoms with van der Waals surface area (Å²) in [6.45, 7) is 2.05. The quantitative estimate of drug-likeness (QED) is 0.745. The zero-order valence-electron chi connectivity index (χ0n) is 10.4. The van der Waals surface area contributed by atoms with E-state index in [2.05, 4.69) is 0 Å². The average Bonchev–Trinajstić information content (AvgIpc) is 2.38. The summed E-state index contributed by atoms with van der Waals surface area (Å²) in [6, 6.07) is 9.77. The number of rotatable bonds is 2. The fourth-order valence-corrected chi connectivity index (χ4v) is 1.89. The van der Waals surface area contributed by atoms with Crippen molar-refractivity contribution in [3.63, 3.8) is 0 Å². The van der Waals surface area contributed by atoms with E-state index in [1.54, 1.807) is 4.90 Å². The first-order valence-corrected chi connectivity index (χ1v) is 5.82. The molecule has 2 rings (SSSR count). The van der Waals surface area contributed by atoms with Crippen LogP contribution in [0.25, 0.3) is 0 Å². The predicted molar refractivity (Wildman–Crippen MR) is 67.8 cm³/mol. The molecule has 1 amide bonds. The van der Waals surface area contributed by atoms with Crippen molar-refractivity contribution in [3.8, 4) is 0 Å². The Hall–Kier alpha value is -0.510. The van der Waals surface area contributed by atoms with Gasteiger partial charge in [-0.3, -0.25) is 0 Å². The fraction of sp³-hybridized carbons (Fsp3) is 0.462. The molecule has 0 N–H and O–H groups in total. The predicted octanol–water partition coefficient (Wildman–Crippen LogP) is 2.43. The molecular weight excluding hydrogens is 225 g/mol. The maximum atomic E-state index is 11.7. The van der Waals surface area contributed by atoms with E-state index in [0.717, 1.165) is 31.5 Å². The SMILES string of the molecule is O=C(OCc1ccccc1)N1CCCCC1.[Na]. The summed E-state index contributed by atoms with van der Waals surface area (Å²) < 4.78 is 5.25. The first-order valence-electron chi connectivity index (χ1n) is 5.82.